The van der Waals surface area contributed by atoms with Gasteiger partial charge in [-0.25, -0.2) is 4.79 Å². The van der Waals surface area contributed by atoms with Gasteiger partial charge in [-0.05, 0) is 48.9 Å². The van der Waals surface area contributed by atoms with Gasteiger partial charge in [0.1, 0.15) is 11.5 Å². The van der Waals surface area contributed by atoms with Crippen LogP contribution in [0.4, 0.5) is 5.69 Å². The molecule has 0 heterocycles. The van der Waals surface area contributed by atoms with E-state index in [-0.39, 0.29) is 11.3 Å². The average molecular weight is 322 g/mol. The van der Waals surface area contributed by atoms with Crippen LogP contribution in [0.1, 0.15) is 15.9 Å². The van der Waals surface area contributed by atoms with Crippen molar-refractivity contribution in [2.75, 3.05) is 5.73 Å². The molecule has 0 aliphatic rings. The predicted octanol–water partition coefficient (Wildman–Crippen LogP) is 3.83. The highest BCUT2D eigenvalue weighted by molar-refractivity contribution is 9.10. The first-order chi connectivity index (χ1) is 8.97. The van der Waals surface area contributed by atoms with Crippen LogP contribution < -0.4 is 10.5 Å². The first-order valence-electron chi connectivity index (χ1n) is 5.54. The van der Waals surface area contributed by atoms with Crippen LogP contribution in [0, 0.1) is 6.92 Å². The summed E-state index contributed by atoms with van der Waals surface area (Å²) >= 11 is 3.37. The van der Waals surface area contributed by atoms with Crippen molar-refractivity contribution in [1.29, 1.82) is 0 Å². The fourth-order valence-electron chi connectivity index (χ4n) is 1.64. The van der Waals surface area contributed by atoms with Crippen molar-refractivity contribution in [2.45, 2.75) is 6.92 Å². The van der Waals surface area contributed by atoms with Crippen molar-refractivity contribution in [3.8, 4) is 11.5 Å². The van der Waals surface area contributed by atoms with Crippen LogP contribution in [-0.4, -0.2) is 11.1 Å². The largest absolute Gasteiger partial charge is 0.478 e. The van der Waals surface area contributed by atoms with E-state index in [1.54, 1.807) is 6.07 Å². The van der Waals surface area contributed by atoms with Crippen molar-refractivity contribution < 1.29 is 14.6 Å². The van der Waals surface area contributed by atoms with Gasteiger partial charge in [0.15, 0.2) is 0 Å². The Morgan fingerprint density at radius 3 is 2.63 bits per heavy atom. The Kier molecular flexibility index (Phi) is 3.76. The van der Waals surface area contributed by atoms with E-state index in [1.165, 1.54) is 12.1 Å². The van der Waals surface area contributed by atoms with Crippen molar-refractivity contribution >= 4 is 27.6 Å². The van der Waals surface area contributed by atoms with E-state index in [2.05, 4.69) is 15.9 Å². The maximum Gasteiger partial charge on any atom is 0.337 e. The lowest BCUT2D eigenvalue weighted by Gasteiger charge is -2.10. The summed E-state index contributed by atoms with van der Waals surface area (Å²) < 4.78 is 6.63. The number of hydrogen-bond donors (Lipinski definition) is 2. The van der Waals surface area contributed by atoms with Crippen LogP contribution in [0.3, 0.4) is 0 Å². The predicted molar refractivity (Wildman–Crippen MR) is 76.8 cm³/mol. The van der Waals surface area contributed by atoms with Crippen LogP contribution in [0.15, 0.2) is 40.9 Å². The average Bonchev–Trinajstić information content (AvgIpc) is 2.34. The lowest BCUT2D eigenvalue weighted by Crippen LogP contribution is -2.02. The number of anilines is 1. The monoisotopic (exact) mass is 321 g/mol. The Balaban J connectivity index is 2.33. The molecule has 0 aliphatic heterocycles. The molecule has 0 saturated heterocycles. The highest BCUT2D eigenvalue weighted by atomic mass is 79.9. The summed E-state index contributed by atoms with van der Waals surface area (Å²) in [6, 6.07) is 10.2. The summed E-state index contributed by atoms with van der Waals surface area (Å²) in [5, 5.41) is 9.01. The van der Waals surface area contributed by atoms with E-state index in [1.807, 2.05) is 25.1 Å². The number of carboxylic acid groups (broad SMARTS) is 1. The molecule has 0 saturated carbocycles. The summed E-state index contributed by atoms with van der Waals surface area (Å²) in [5.74, 6) is 0.0387. The van der Waals surface area contributed by atoms with E-state index >= 15 is 0 Å². The summed E-state index contributed by atoms with van der Waals surface area (Å²) in [4.78, 5) is 11.0. The fourth-order valence-corrected chi connectivity index (χ4v) is 2.11. The minimum atomic E-state index is -1.07. The number of carbonyl (C=O) groups is 1. The molecule has 2 aromatic carbocycles. The number of halogens is 1. The zero-order valence-corrected chi connectivity index (χ0v) is 11.8. The highest BCUT2D eigenvalue weighted by Gasteiger charge is 2.10. The number of rotatable bonds is 3. The summed E-state index contributed by atoms with van der Waals surface area (Å²) in [6.45, 7) is 1.91. The van der Waals surface area contributed by atoms with Gasteiger partial charge in [-0.3, -0.25) is 0 Å². The molecule has 0 amide bonds. The third kappa shape index (κ3) is 3.06. The number of benzene rings is 2. The van der Waals surface area contributed by atoms with Crippen molar-refractivity contribution in [3.05, 3.63) is 52.0 Å². The molecule has 2 aromatic rings. The smallest absolute Gasteiger partial charge is 0.337 e. The number of nitrogens with two attached hydrogens (primary N) is 1. The minimum absolute atomic E-state index is 0.0345. The highest BCUT2D eigenvalue weighted by Crippen LogP contribution is 2.29. The third-order valence-electron chi connectivity index (χ3n) is 2.62. The Morgan fingerprint density at radius 2 is 2.00 bits per heavy atom. The number of carboxylic acids is 1. The van der Waals surface area contributed by atoms with Crippen LogP contribution in [0.5, 0.6) is 11.5 Å². The zero-order valence-electron chi connectivity index (χ0n) is 10.2. The van der Waals surface area contributed by atoms with Crippen molar-refractivity contribution in [2.24, 2.45) is 0 Å². The van der Waals surface area contributed by atoms with Crippen LogP contribution in [-0.2, 0) is 0 Å². The Labute approximate surface area is 118 Å². The molecule has 5 heteroatoms. The van der Waals surface area contributed by atoms with E-state index in [4.69, 9.17) is 15.6 Å². The van der Waals surface area contributed by atoms with Gasteiger partial charge in [-0.1, -0.05) is 15.9 Å². The van der Waals surface area contributed by atoms with Gasteiger partial charge in [0.2, 0.25) is 0 Å². The van der Waals surface area contributed by atoms with E-state index in [9.17, 15) is 4.79 Å². The number of aromatic carboxylic acids is 1. The maximum absolute atomic E-state index is 11.0. The van der Waals surface area contributed by atoms with Crippen LogP contribution >= 0.6 is 15.9 Å². The summed E-state index contributed by atoms with van der Waals surface area (Å²) in [5.41, 5.74) is 6.79. The van der Waals surface area contributed by atoms with E-state index in [0.29, 0.717) is 11.5 Å². The zero-order chi connectivity index (χ0) is 14.0. The van der Waals surface area contributed by atoms with E-state index in [0.717, 1.165) is 10.0 Å². The van der Waals surface area contributed by atoms with Gasteiger partial charge >= 0.3 is 5.97 Å². The van der Waals surface area contributed by atoms with Crippen LogP contribution in [0.2, 0.25) is 0 Å². The molecule has 4 nitrogen and oxygen atoms in total. The molecular formula is C14H12BrNO3. The molecule has 0 fully saturated rings. The molecule has 98 valence electrons. The first-order valence-corrected chi connectivity index (χ1v) is 6.33. The molecule has 19 heavy (non-hydrogen) atoms. The normalized spacial score (nSPS) is 10.2. The second-order valence-electron chi connectivity index (χ2n) is 4.07. The topological polar surface area (TPSA) is 72.5 Å². The molecule has 2 rings (SSSR count). The lowest BCUT2D eigenvalue weighted by molar-refractivity contribution is 0.0697. The van der Waals surface area contributed by atoms with Gasteiger partial charge in [-0.15, -0.1) is 0 Å². The molecular weight excluding hydrogens is 310 g/mol. The van der Waals surface area contributed by atoms with Crippen molar-refractivity contribution in [1.82, 2.24) is 0 Å². The van der Waals surface area contributed by atoms with Gasteiger partial charge in [-0.2, -0.15) is 0 Å². The van der Waals surface area contributed by atoms with Crippen LogP contribution in [0.25, 0.3) is 0 Å². The van der Waals surface area contributed by atoms with Gasteiger partial charge < -0.3 is 15.6 Å². The SMILES string of the molecule is Cc1cc(Br)ccc1Oc1ccc(N)c(C(=O)O)c1. The van der Waals surface area contributed by atoms with Gasteiger partial charge in [0, 0.05) is 10.2 Å². The Morgan fingerprint density at radius 1 is 1.26 bits per heavy atom. The molecule has 0 spiro atoms. The first kappa shape index (κ1) is 13.4. The fraction of sp³-hybridized carbons (Fsp3) is 0.0714. The second-order valence-corrected chi connectivity index (χ2v) is 4.98. The van der Waals surface area contributed by atoms with Gasteiger partial charge in [0.05, 0.1) is 5.56 Å². The summed E-state index contributed by atoms with van der Waals surface area (Å²) in [7, 11) is 0. The Hall–Kier alpha value is -2.01. The van der Waals surface area contributed by atoms with E-state index < -0.39 is 5.97 Å². The van der Waals surface area contributed by atoms with Crippen molar-refractivity contribution in [3.63, 3.8) is 0 Å². The molecule has 0 aromatic heterocycles. The minimum Gasteiger partial charge on any atom is -0.478 e. The standard InChI is InChI=1S/C14H12BrNO3/c1-8-6-9(15)2-5-13(8)19-10-3-4-12(16)11(7-10)14(17)18/h2-7H,16H2,1H3,(H,17,18). The molecule has 3 N–H and O–H groups in total. The lowest BCUT2D eigenvalue weighted by atomic mass is 10.1. The third-order valence-corrected chi connectivity index (χ3v) is 3.11. The molecule has 0 bridgehead atoms. The Bertz CT molecular complexity index is 641. The quantitative estimate of drug-likeness (QED) is 0.843. The summed E-state index contributed by atoms with van der Waals surface area (Å²) in [6.07, 6.45) is 0. The number of aryl methyl sites for hydroxylation is 1. The molecule has 0 aliphatic carbocycles. The molecule has 0 radical (unpaired) electrons. The molecule has 0 atom stereocenters. The second kappa shape index (κ2) is 5.32. The number of hydrogen-bond acceptors (Lipinski definition) is 3. The number of nitrogen functional groups attached to an aromatic ring is 1. The molecule has 0 unspecified atom stereocenters. The van der Waals surface area contributed by atoms with Gasteiger partial charge in [0.25, 0.3) is 0 Å². The number of ether oxygens (including phenoxy) is 1. The maximum atomic E-state index is 11.0.